The summed E-state index contributed by atoms with van der Waals surface area (Å²) in [5, 5.41) is 5.19. The number of thioether (sulfide) groups is 1. The lowest BCUT2D eigenvalue weighted by molar-refractivity contribution is 0.311. The smallest absolute Gasteiger partial charge is 0.156 e. The van der Waals surface area contributed by atoms with E-state index in [4.69, 9.17) is 4.74 Å². The second kappa shape index (κ2) is 8.10. The van der Waals surface area contributed by atoms with Gasteiger partial charge in [0.15, 0.2) is 5.17 Å². The van der Waals surface area contributed by atoms with E-state index in [0.29, 0.717) is 5.25 Å². The average Bonchev–Trinajstić information content (AvgIpc) is 2.88. The van der Waals surface area contributed by atoms with Gasteiger partial charge < -0.3 is 10.1 Å². The lowest BCUT2D eigenvalue weighted by Crippen LogP contribution is -2.22. The molecule has 104 valence electrons. The molecule has 1 atom stereocenters. The van der Waals surface area contributed by atoms with E-state index in [1.807, 2.05) is 42.1 Å². The van der Waals surface area contributed by atoms with Crippen LogP contribution < -0.4 is 10.1 Å². The van der Waals surface area contributed by atoms with Crippen molar-refractivity contribution in [1.29, 1.82) is 0 Å². The quantitative estimate of drug-likeness (QED) is 0.777. The summed E-state index contributed by atoms with van der Waals surface area (Å²) >= 11 is 1.89. The van der Waals surface area contributed by atoms with Crippen molar-refractivity contribution in [1.82, 2.24) is 5.32 Å². The zero-order valence-corrected chi connectivity index (χ0v) is 12.3. The van der Waals surface area contributed by atoms with Gasteiger partial charge in [-0.1, -0.05) is 43.3 Å². The molecule has 0 radical (unpaired) electrons. The molecule has 0 fully saturated rings. The lowest BCUT2D eigenvalue weighted by Gasteiger charge is -2.08. The normalized spacial score (nSPS) is 18.2. The van der Waals surface area contributed by atoms with E-state index < -0.39 is 0 Å². The van der Waals surface area contributed by atoms with Crippen molar-refractivity contribution in [3.63, 3.8) is 0 Å². The van der Waals surface area contributed by atoms with Crippen LogP contribution >= 0.6 is 11.8 Å². The number of ether oxygens (including phenoxy) is 1. The van der Waals surface area contributed by atoms with Gasteiger partial charge in [-0.2, -0.15) is 0 Å². The molecular formula is C15H22N2OS. The van der Waals surface area contributed by atoms with E-state index in [-0.39, 0.29) is 0 Å². The number of nitrogens with zero attached hydrogens (tertiary/aromatic N) is 1. The van der Waals surface area contributed by atoms with Gasteiger partial charge >= 0.3 is 0 Å². The summed E-state index contributed by atoms with van der Waals surface area (Å²) in [5.41, 5.74) is 0. The van der Waals surface area contributed by atoms with E-state index in [9.17, 15) is 0 Å². The molecule has 0 saturated heterocycles. The first-order chi connectivity index (χ1) is 9.38. The molecule has 0 aromatic heterocycles. The van der Waals surface area contributed by atoms with Crippen LogP contribution in [0.2, 0.25) is 0 Å². The van der Waals surface area contributed by atoms with Gasteiger partial charge in [0.1, 0.15) is 5.75 Å². The van der Waals surface area contributed by atoms with Crippen LogP contribution in [0.1, 0.15) is 26.2 Å². The van der Waals surface area contributed by atoms with Crippen LogP contribution in [0.25, 0.3) is 0 Å². The molecule has 0 bridgehead atoms. The molecule has 19 heavy (non-hydrogen) atoms. The molecule has 1 heterocycles. The van der Waals surface area contributed by atoms with Gasteiger partial charge in [0, 0.05) is 11.8 Å². The van der Waals surface area contributed by atoms with Gasteiger partial charge in [0.25, 0.3) is 0 Å². The van der Waals surface area contributed by atoms with Crippen molar-refractivity contribution < 1.29 is 4.74 Å². The zero-order valence-electron chi connectivity index (χ0n) is 11.5. The summed E-state index contributed by atoms with van der Waals surface area (Å²) in [6.45, 7) is 4.87. The van der Waals surface area contributed by atoms with Crippen molar-refractivity contribution in [3.05, 3.63) is 30.3 Å². The minimum absolute atomic E-state index is 0.688. The maximum Gasteiger partial charge on any atom is 0.156 e. The van der Waals surface area contributed by atoms with Crippen LogP contribution in [0.3, 0.4) is 0 Å². The molecule has 0 amide bonds. The highest BCUT2D eigenvalue weighted by atomic mass is 32.2. The zero-order chi connectivity index (χ0) is 13.3. The lowest BCUT2D eigenvalue weighted by atomic mass is 10.2. The van der Waals surface area contributed by atoms with Crippen LogP contribution in [0.15, 0.2) is 35.3 Å². The first-order valence-corrected chi connectivity index (χ1v) is 7.89. The van der Waals surface area contributed by atoms with Crippen molar-refractivity contribution in [3.8, 4) is 5.75 Å². The summed E-state index contributed by atoms with van der Waals surface area (Å²) in [7, 11) is 0. The number of para-hydroxylation sites is 1. The number of hydrogen-bond acceptors (Lipinski definition) is 4. The highest BCUT2D eigenvalue weighted by Gasteiger charge is 2.17. The van der Waals surface area contributed by atoms with E-state index in [1.54, 1.807) is 0 Å². The highest BCUT2D eigenvalue weighted by Crippen LogP contribution is 2.23. The molecule has 1 aliphatic heterocycles. The Morgan fingerprint density at radius 3 is 3.00 bits per heavy atom. The predicted octanol–water partition coefficient (Wildman–Crippen LogP) is 3.32. The molecule has 1 aromatic rings. The summed E-state index contributed by atoms with van der Waals surface area (Å²) in [5.74, 6) is 0.943. The molecule has 4 heteroatoms. The number of hydrogen-bond donors (Lipinski definition) is 1. The monoisotopic (exact) mass is 278 g/mol. The Kier molecular flexibility index (Phi) is 6.08. The van der Waals surface area contributed by atoms with E-state index in [2.05, 4.69) is 17.2 Å². The molecule has 0 aliphatic carbocycles. The summed E-state index contributed by atoms with van der Waals surface area (Å²) in [6.07, 6.45) is 3.49. The first kappa shape index (κ1) is 14.3. The fourth-order valence-electron chi connectivity index (χ4n) is 1.96. The Bertz CT molecular complexity index is 394. The van der Waals surface area contributed by atoms with Crippen molar-refractivity contribution in [2.45, 2.75) is 31.4 Å². The van der Waals surface area contributed by atoms with Crippen LogP contribution in [0.5, 0.6) is 5.75 Å². The SMILES string of the molecule is CCCC1CN=C(NCCCOc2ccccc2)S1. The Morgan fingerprint density at radius 1 is 1.37 bits per heavy atom. The highest BCUT2D eigenvalue weighted by molar-refractivity contribution is 8.14. The summed E-state index contributed by atoms with van der Waals surface area (Å²) in [6, 6.07) is 9.95. The largest absolute Gasteiger partial charge is 0.494 e. The van der Waals surface area contributed by atoms with Crippen LogP contribution in [-0.2, 0) is 0 Å². The van der Waals surface area contributed by atoms with Crippen LogP contribution in [0.4, 0.5) is 0 Å². The van der Waals surface area contributed by atoms with E-state index >= 15 is 0 Å². The molecule has 1 unspecified atom stereocenters. The molecule has 0 saturated carbocycles. The summed E-state index contributed by atoms with van der Waals surface area (Å²) in [4.78, 5) is 4.52. The second-order valence-electron chi connectivity index (χ2n) is 4.62. The second-order valence-corrected chi connectivity index (χ2v) is 5.91. The fraction of sp³-hybridized carbons (Fsp3) is 0.533. The number of aliphatic imine (C=N–C) groups is 1. The third-order valence-corrected chi connectivity index (χ3v) is 4.15. The molecule has 1 aliphatic rings. The van der Waals surface area contributed by atoms with Gasteiger partial charge in [-0.3, -0.25) is 4.99 Å². The maximum absolute atomic E-state index is 5.64. The maximum atomic E-state index is 5.64. The van der Waals surface area contributed by atoms with Crippen molar-refractivity contribution in [2.24, 2.45) is 4.99 Å². The first-order valence-electron chi connectivity index (χ1n) is 7.01. The average molecular weight is 278 g/mol. The third kappa shape index (κ3) is 5.15. The van der Waals surface area contributed by atoms with Crippen molar-refractivity contribution in [2.75, 3.05) is 19.7 Å². The van der Waals surface area contributed by atoms with Gasteiger partial charge in [-0.05, 0) is 25.0 Å². The summed E-state index contributed by atoms with van der Waals surface area (Å²) < 4.78 is 5.64. The van der Waals surface area contributed by atoms with Gasteiger partial charge in [-0.15, -0.1) is 0 Å². The molecule has 1 N–H and O–H groups in total. The fourth-order valence-corrected chi connectivity index (χ4v) is 3.11. The number of amidine groups is 1. The van der Waals surface area contributed by atoms with E-state index in [1.165, 1.54) is 12.8 Å². The minimum atomic E-state index is 0.688. The van der Waals surface area contributed by atoms with E-state index in [0.717, 1.165) is 37.0 Å². The number of nitrogens with one attached hydrogen (secondary N) is 1. The Labute approximate surface area is 119 Å². The Balaban J connectivity index is 1.53. The third-order valence-electron chi connectivity index (χ3n) is 2.94. The Hall–Kier alpha value is -1.16. The molecule has 3 nitrogen and oxygen atoms in total. The van der Waals surface area contributed by atoms with Gasteiger partial charge in [-0.25, -0.2) is 0 Å². The molecule has 2 rings (SSSR count). The van der Waals surface area contributed by atoms with Crippen LogP contribution in [0, 0.1) is 0 Å². The minimum Gasteiger partial charge on any atom is -0.494 e. The van der Waals surface area contributed by atoms with Gasteiger partial charge in [0.2, 0.25) is 0 Å². The molecule has 0 spiro atoms. The van der Waals surface area contributed by atoms with Crippen LogP contribution in [-0.4, -0.2) is 30.1 Å². The molecule has 1 aromatic carbocycles. The number of benzene rings is 1. The Morgan fingerprint density at radius 2 is 2.21 bits per heavy atom. The van der Waals surface area contributed by atoms with Crippen molar-refractivity contribution >= 4 is 16.9 Å². The molecular weight excluding hydrogens is 256 g/mol. The predicted molar refractivity (Wildman–Crippen MR) is 83.1 cm³/mol. The van der Waals surface area contributed by atoms with Gasteiger partial charge in [0.05, 0.1) is 13.2 Å². The standard InChI is InChI=1S/C15H22N2OS/c1-2-7-14-12-17-15(19-14)16-10-6-11-18-13-8-4-3-5-9-13/h3-5,8-9,14H,2,6-7,10-12H2,1H3,(H,16,17). The number of rotatable bonds is 7. The topological polar surface area (TPSA) is 33.6 Å².